The number of hydrogen-bond acceptors (Lipinski definition) is 2. The Balaban J connectivity index is 2.07. The average Bonchev–Trinajstić information content (AvgIpc) is 2.32. The van der Waals surface area contributed by atoms with Crippen LogP contribution in [0.15, 0.2) is 0 Å². The van der Waals surface area contributed by atoms with Gasteiger partial charge in [-0.2, -0.15) is 0 Å². The summed E-state index contributed by atoms with van der Waals surface area (Å²) in [6, 6.07) is 0.711. The first-order valence-electron chi connectivity index (χ1n) is 8.10. The quantitative estimate of drug-likeness (QED) is 0.779. The fourth-order valence-electron chi connectivity index (χ4n) is 4.07. The van der Waals surface area contributed by atoms with Crippen molar-refractivity contribution < 1.29 is 0 Å². The van der Waals surface area contributed by atoms with E-state index < -0.39 is 0 Å². The number of rotatable bonds is 6. The molecule has 106 valence electrons. The van der Waals surface area contributed by atoms with Gasteiger partial charge in [0.25, 0.3) is 0 Å². The zero-order valence-electron chi connectivity index (χ0n) is 12.7. The van der Waals surface area contributed by atoms with Crippen LogP contribution in [0, 0.1) is 5.92 Å². The highest BCUT2D eigenvalue weighted by molar-refractivity contribution is 5.01. The Labute approximate surface area is 114 Å². The third-order valence-electron chi connectivity index (χ3n) is 5.50. The molecule has 0 amide bonds. The van der Waals surface area contributed by atoms with Gasteiger partial charge in [-0.1, -0.05) is 45.4 Å². The Morgan fingerprint density at radius 1 is 1.11 bits per heavy atom. The zero-order chi connectivity index (χ0) is 13.0. The summed E-state index contributed by atoms with van der Waals surface area (Å²) < 4.78 is 0. The standard InChI is InChI=1S/C16H32N2/c1-4-17-15(13-14-9-8-10-14)16(18(2)3)11-6-5-7-12-16/h14-15,17H,4-13H2,1-3H3. The number of likely N-dealkylation sites (N-methyl/N-ethyl adjacent to an activating group) is 2. The van der Waals surface area contributed by atoms with Crippen LogP contribution in [0.4, 0.5) is 0 Å². The second kappa shape index (κ2) is 6.38. The van der Waals surface area contributed by atoms with Gasteiger partial charge < -0.3 is 10.2 Å². The van der Waals surface area contributed by atoms with Crippen molar-refractivity contribution in [3.63, 3.8) is 0 Å². The SMILES string of the molecule is CCNC(CC1CCC1)C1(N(C)C)CCCCC1. The summed E-state index contributed by atoms with van der Waals surface area (Å²) in [7, 11) is 4.60. The maximum atomic E-state index is 3.83. The van der Waals surface area contributed by atoms with Crippen molar-refractivity contribution in [2.24, 2.45) is 5.92 Å². The first-order chi connectivity index (χ1) is 8.69. The molecule has 0 aromatic heterocycles. The lowest BCUT2D eigenvalue weighted by Gasteiger charge is -2.50. The number of nitrogens with zero attached hydrogens (tertiary/aromatic N) is 1. The smallest absolute Gasteiger partial charge is 0.0356 e. The maximum absolute atomic E-state index is 3.83. The van der Waals surface area contributed by atoms with E-state index in [1.807, 2.05) is 0 Å². The van der Waals surface area contributed by atoms with Crippen LogP contribution in [-0.2, 0) is 0 Å². The fourth-order valence-corrected chi connectivity index (χ4v) is 4.07. The molecule has 2 heteroatoms. The van der Waals surface area contributed by atoms with Crippen molar-refractivity contribution in [3.8, 4) is 0 Å². The van der Waals surface area contributed by atoms with E-state index in [1.54, 1.807) is 0 Å². The van der Waals surface area contributed by atoms with E-state index >= 15 is 0 Å². The fraction of sp³-hybridized carbons (Fsp3) is 1.00. The van der Waals surface area contributed by atoms with Crippen molar-refractivity contribution in [1.29, 1.82) is 0 Å². The third-order valence-corrected chi connectivity index (χ3v) is 5.50. The topological polar surface area (TPSA) is 15.3 Å². The molecular formula is C16H32N2. The highest BCUT2D eigenvalue weighted by Crippen LogP contribution is 2.40. The van der Waals surface area contributed by atoms with Gasteiger partial charge in [0, 0.05) is 11.6 Å². The molecule has 1 atom stereocenters. The summed E-state index contributed by atoms with van der Waals surface area (Å²) in [4.78, 5) is 2.54. The van der Waals surface area contributed by atoms with Crippen molar-refractivity contribution in [2.75, 3.05) is 20.6 Å². The predicted molar refractivity (Wildman–Crippen MR) is 78.9 cm³/mol. The Morgan fingerprint density at radius 3 is 2.22 bits per heavy atom. The molecule has 2 fully saturated rings. The second-order valence-electron chi connectivity index (χ2n) is 6.70. The van der Waals surface area contributed by atoms with E-state index in [-0.39, 0.29) is 0 Å². The minimum atomic E-state index is 0.434. The average molecular weight is 252 g/mol. The second-order valence-corrected chi connectivity index (χ2v) is 6.70. The molecule has 2 nitrogen and oxygen atoms in total. The molecule has 0 radical (unpaired) electrons. The summed E-state index contributed by atoms with van der Waals surface area (Å²) >= 11 is 0. The molecule has 0 aromatic carbocycles. The van der Waals surface area contributed by atoms with Crippen LogP contribution < -0.4 is 5.32 Å². The van der Waals surface area contributed by atoms with Crippen LogP contribution in [0.25, 0.3) is 0 Å². The van der Waals surface area contributed by atoms with Gasteiger partial charge in [0.1, 0.15) is 0 Å². The largest absolute Gasteiger partial charge is 0.312 e. The third kappa shape index (κ3) is 2.91. The van der Waals surface area contributed by atoms with Gasteiger partial charge >= 0.3 is 0 Å². The molecule has 1 unspecified atom stereocenters. The van der Waals surface area contributed by atoms with Gasteiger partial charge in [0.2, 0.25) is 0 Å². The van der Waals surface area contributed by atoms with Gasteiger partial charge in [-0.25, -0.2) is 0 Å². The molecule has 2 rings (SSSR count). The van der Waals surface area contributed by atoms with E-state index in [4.69, 9.17) is 0 Å². The van der Waals surface area contributed by atoms with Gasteiger partial charge in [0.15, 0.2) is 0 Å². The predicted octanol–water partition coefficient (Wildman–Crippen LogP) is 3.42. The lowest BCUT2D eigenvalue weighted by Crippen LogP contribution is -2.60. The summed E-state index contributed by atoms with van der Waals surface area (Å²) in [6.07, 6.45) is 12.9. The van der Waals surface area contributed by atoms with Crippen LogP contribution in [0.2, 0.25) is 0 Å². The number of hydrogen-bond donors (Lipinski definition) is 1. The Bertz CT molecular complexity index is 239. The highest BCUT2D eigenvalue weighted by Gasteiger charge is 2.42. The first kappa shape index (κ1) is 14.3. The lowest BCUT2D eigenvalue weighted by atomic mass is 9.70. The molecule has 0 spiro atoms. The van der Waals surface area contributed by atoms with Crippen LogP contribution in [0.3, 0.4) is 0 Å². The van der Waals surface area contributed by atoms with E-state index in [9.17, 15) is 0 Å². The maximum Gasteiger partial charge on any atom is 0.0356 e. The van der Waals surface area contributed by atoms with Gasteiger partial charge in [-0.05, 0) is 45.8 Å². The van der Waals surface area contributed by atoms with E-state index in [2.05, 4.69) is 31.2 Å². The molecule has 2 saturated carbocycles. The summed E-state index contributed by atoms with van der Waals surface area (Å²) in [6.45, 7) is 3.38. The van der Waals surface area contributed by atoms with Crippen LogP contribution >= 0.6 is 0 Å². The molecule has 0 saturated heterocycles. The van der Waals surface area contributed by atoms with Crippen molar-refractivity contribution in [2.45, 2.75) is 76.3 Å². The van der Waals surface area contributed by atoms with E-state index in [1.165, 1.54) is 57.8 Å². The van der Waals surface area contributed by atoms with Crippen LogP contribution in [-0.4, -0.2) is 37.1 Å². The van der Waals surface area contributed by atoms with Gasteiger partial charge in [-0.3, -0.25) is 0 Å². The Hall–Kier alpha value is -0.0800. The summed E-state index contributed by atoms with van der Waals surface area (Å²) in [5.74, 6) is 1.01. The minimum Gasteiger partial charge on any atom is -0.312 e. The highest BCUT2D eigenvalue weighted by atomic mass is 15.2. The zero-order valence-corrected chi connectivity index (χ0v) is 12.7. The van der Waals surface area contributed by atoms with Gasteiger partial charge in [-0.15, -0.1) is 0 Å². The molecule has 0 bridgehead atoms. The molecule has 18 heavy (non-hydrogen) atoms. The van der Waals surface area contributed by atoms with E-state index in [0.717, 1.165) is 12.5 Å². The molecule has 1 N–H and O–H groups in total. The molecule has 0 aliphatic heterocycles. The molecular weight excluding hydrogens is 220 g/mol. The number of nitrogens with one attached hydrogen (secondary N) is 1. The summed E-state index contributed by atoms with van der Waals surface area (Å²) in [5, 5.41) is 3.83. The normalized spacial score (nSPS) is 26.0. The molecule has 2 aliphatic rings. The van der Waals surface area contributed by atoms with Crippen molar-refractivity contribution in [3.05, 3.63) is 0 Å². The molecule has 2 aliphatic carbocycles. The Morgan fingerprint density at radius 2 is 1.78 bits per heavy atom. The Kier molecular flexibility index (Phi) is 5.08. The van der Waals surface area contributed by atoms with Gasteiger partial charge in [0.05, 0.1) is 0 Å². The molecule has 0 aromatic rings. The lowest BCUT2D eigenvalue weighted by molar-refractivity contribution is 0.0410. The first-order valence-corrected chi connectivity index (χ1v) is 8.10. The van der Waals surface area contributed by atoms with Crippen molar-refractivity contribution in [1.82, 2.24) is 10.2 Å². The monoisotopic (exact) mass is 252 g/mol. The van der Waals surface area contributed by atoms with Crippen LogP contribution in [0.1, 0.15) is 64.7 Å². The van der Waals surface area contributed by atoms with E-state index in [0.29, 0.717) is 11.6 Å². The molecule has 0 heterocycles. The minimum absolute atomic E-state index is 0.434. The summed E-state index contributed by atoms with van der Waals surface area (Å²) in [5.41, 5.74) is 0.434. The van der Waals surface area contributed by atoms with Crippen molar-refractivity contribution >= 4 is 0 Å². The van der Waals surface area contributed by atoms with Crippen LogP contribution in [0.5, 0.6) is 0 Å².